The van der Waals surface area contributed by atoms with E-state index in [-0.39, 0.29) is 12.8 Å². The maximum Gasteiger partial charge on any atom is 0.249 e. The Kier molecular flexibility index (Phi) is 51.3. The first kappa shape index (κ1) is 72.3. The number of aliphatic hydroxyl groups is 7. The molecule has 8 N–H and O–H groups in total. The number of aliphatic hydroxyl groups excluding tert-OH is 7. The zero-order valence-electron chi connectivity index (χ0n) is 49.2. The first-order valence-corrected chi connectivity index (χ1v) is 32.4. The predicted octanol–water partition coefficient (Wildman–Crippen LogP) is 14.6. The summed E-state index contributed by atoms with van der Waals surface area (Å²) >= 11 is 0. The van der Waals surface area contributed by atoms with Crippen molar-refractivity contribution >= 4 is 5.91 Å². The number of nitrogens with one attached hydrogen (secondary N) is 1. The maximum absolute atomic E-state index is 13.2. The van der Waals surface area contributed by atoms with E-state index in [1.54, 1.807) is 0 Å². The van der Waals surface area contributed by atoms with Crippen LogP contribution in [0.15, 0.2) is 36.5 Å². The molecule has 1 rings (SSSR count). The number of amides is 1. The van der Waals surface area contributed by atoms with Crippen LogP contribution in [0.2, 0.25) is 0 Å². The van der Waals surface area contributed by atoms with Crippen LogP contribution in [-0.2, 0) is 14.3 Å². The molecule has 0 spiro atoms. The molecule has 0 aromatic heterocycles. The quantitative estimate of drug-likeness (QED) is 0.0215. The average molecular weight is 1080 g/mol. The lowest BCUT2D eigenvalue weighted by Gasteiger charge is -2.40. The summed E-state index contributed by atoms with van der Waals surface area (Å²) in [5.41, 5.74) is 0. The van der Waals surface area contributed by atoms with Gasteiger partial charge in [-0.2, -0.15) is 0 Å². The fraction of sp³-hybridized carbons (Fsp3) is 0.892. The van der Waals surface area contributed by atoms with Gasteiger partial charge in [0.1, 0.15) is 36.6 Å². The van der Waals surface area contributed by atoms with Gasteiger partial charge in [0.2, 0.25) is 5.91 Å². The van der Waals surface area contributed by atoms with Crippen LogP contribution in [0.4, 0.5) is 0 Å². The van der Waals surface area contributed by atoms with Crippen LogP contribution in [0.25, 0.3) is 0 Å². The standard InChI is InChI=1S/C65H123NO10/c1-3-5-7-9-11-13-15-17-19-21-23-25-26-27-28-29-30-31-33-35-37-39-41-43-45-47-49-51-53-58(69)64(74)66-56(55-75-65-63(73)62(72)61(71)59(54-67)76-65)60(70)57(68)52-50-48-46-44-42-40-38-36-34-32-24-22-20-18-16-14-12-10-8-6-4-2/h22,24,36,38,44,46,56-63,65,67-73H,3-21,23,25-35,37,39-43,45,47-55H2,1-2H3,(H,66,74)/b24-22+,38-36+,46-44+. The highest BCUT2D eigenvalue weighted by molar-refractivity contribution is 5.80. The first-order chi connectivity index (χ1) is 37.2. The molecule has 11 nitrogen and oxygen atoms in total. The molecule has 11 heteroatoms. The molecular weight excluding hydrogens is 955 g/mol. The van der Waals surface area contributed by atoms with Crippen LogP contribution in [0.1, 0.15) is 303 Å². The summed E-state index contributed by atoms with van der Waals surface area (Å²) in [4.78, 5) is 13.2. The normalized spacial score (nSPS) is 19.8. The molecule has 0 aromatic carbocycles. The summed E-state index contributed by atoms with van der Waals surface area (Å²) in [5, 5.41) is 76.3. The Labute approximate surface area is 467 Å². The molecule has 1 aliphatic heterocycles. The lowest BCUT2D eigenvalue weighted by Crippen LogP contribution is -2.60. The van der Waals surface area contributed by atoms with Gasteiger partial charge in [0.05, 0.1) is 25.4 Å². The minimum Gasteiger partial charge on any atom is -0.394 e. The number of allylic oxidation sites excluding steroid dienone is 6. The second-order valence-electron chi connectivity index (χ2n) is 22.8. The molecule has 9 unspecified atom stereocenters. The average Bonchev–Trinajstić information content (AvgIpc) is 3.42. The van der Waals surface area contributed by atoms with Crippen molar-refractivity contribution in [2.24, 2.45) is 0 Å². The Morgan fingerprint density at radius 1 is 0.447 bits per heavy atom. The van der Waals surface area contributed by atoms with E-state index in [0.717, 1.165) is 44.9 Å². The fourth-order valence-corrected chi connectivity index (χ4v) is 10.4. The Morgan fingerprint density at radius 3 is 1.17 bits per heavy atom. The summed E-state index contributed by atoms with van der Waals surface area (Å²) in [6.45, 7) is 3.47. The van der Waals surface area contributed by atoms with Gasteiger partial charge in [0, 0.05) is 0 Å². The third-order valence-corrected chi connectivity index (χ3v) is 15.7. The van der Waals surface area contributed by atoms with Crippen LogP contribution in [0, 0.1) is 0 Å². The van der Waals surface area contributed by atoms with E-state index in [2.05, 4.69) is 55.6 Å². The molecule has 1 aliphatic rings. The Hall–Kier alpha value is -1.67. The molecule has 448 valence electrons. The molecule has 0 aliphatic carbocycles. The van der Waals surface area contributed by atoms with E-state index in [0.29, 0.717) is 19.3 Å². The zero-order chi connectivity index (χ0) is 55.4. The van der Waals surface area contributed by atoms with E-state index in [4.69, 9.17) is 9.47 Å². The monoisotopic (exact) mass is 1080 g/mol. The van der Waals surface area contributed by atoms with Gasteiger partial charge in [-0.05, 0) is 64.2 Å². The minimum absolute atomic E-state index is 0.243. The molecule has 76 heavy (non-hydrogen) atoms. The minimum atomic E-state index is -1.67. The number of carbonyl (C=O) groups excluding carboxylic acids is 1. The van der Waals surface area contributed by atoms with Crippen molar-refractivity contribution in [1.82, 2.24) is 5.32 Å². The fourth-order valence-electron chi connectivity index (χ4n) is 10.4. The topological polar surface area (TPSA) is 189 Å². The largest absolute Gasteiger partial charge is 0.394 e. The van der Waals surface area contributed by atoms with Gasteiger partial charge in [-0.1, -0.05) is 275 Å². The molecule has 0 bridgehead atoms. The predicted molar refractivity (Wildman–Crippen MR) is 316 cm³/mol. The highest BCUT2D eigenvalue weighted by Crippen LogP contribution is 2.24. The summed E-state index contributed by atoms with van der Waals surface area (Å²) in [6, 6.07) is -1.19. The van der Waals surface area contributed by atoms with Gasteiger partial charge in [-0.25, -0.2) is 0 Å². The van der Waals surface area contributed by atoms with Crippen molar-refractivity contribution in [3.63, 3.8) is 0 Å². The summed E-state index contributed by atoms with van der Waals surface area (Å²) in [6.07, 6.45) is 56.4. The number of ether oxygens (including phenoxy) is 2. The molecule has 9 atom stereocenters. The highest BCUT2D eigenvalue weighted by Gasteiger charge is 2.44. The van der Waals surface area contributed by atoms with E-state index in [9.17, 15) is 40.5 Å². The van der Waals surface area contributed by atoms with Crippen molar-refractivity contribution < 1.29 is 50.0 Å². The van der Waals surface area contributed by atoms with Crippen LogP contribution in [-0.4, -0.2) is 110 Å². The highest BCUT2D eigenvalue weighted by atomic mass is 16.7. The van der Waals surface area contributed by atoms with Gasteiger partial charge >= 0.3 is 0 Å². The summed E-state index contributed by atoms with van der Waals surface area (Å²) in [5.74, 6) is -0.707. The summed E-state index contributed by atoms with van der Waals surface area (Å²) < 4.78 is 11.2. The van der Waals surface area contributed by atoms with Crippen LogP contribution in [0.3, 0.4) is 0 Å². The van der Waals surface area contributed by atoms with Gasteiger partial charge in [0.25, 0.3) is 0 Å². The van der Waals surface area contributed by atoms with Crippen LogP contribution in [0.5, 0.6) is 0 Å². The number of rotatable bonds is 56. The number of carbonyl (C=O) groups is 1. The molecule has 1 saturated heterocycles. The van der Waals surface area contributed by atoms with E-state index >= 15 is 0 Å². The summed E-state index contributed by atoms with van der Waals surface area (Å²) in [7, 11) is 0. The Morgan fingerprint density at radius 2 is 0.789 bits per heavy atom. The third-order valence-electron chi connectivity index (χ3n) is 15.7. The van der Waals surface area contributed by atoms with Crippen molar-refractivity contribution in [3.8, 4) is 0 Å². The van der Waals surface area contributed by atoms with E-state index in [1.807, 2.05) is 0 Å². The smallest absolute Gasteiger partial charge is 0.249 e. The molecule has 1 heterocycles. The Bertz CT molecular complexity index is 1330. The van der Waals surface area contributed by atoms with E-state index in [1.165, 1.54) is 212 Å². The van der Waals surface area contributed by atoms with Crippen molar-refractivity contribution in [1.29, 1.82) is 0 Å². The molecule has 1 fully saturated rings. The lowest BCUT2D eigenvalue weighted by atomic mass is 9.98. The molecule has 1 amide bonds. The van der Waals surface area contributed by atoms with Crippen molar-refractivity contribution in [2.45, 2.75) is 358 Å². The molecular formula is C65H123NO10. The third kappa shape index (κ3) is 41.4. The molecule has 0 radical (unpaired) electrons. The van der Waals surface area contributed by atoms with Crippen LogP contribution < -0.4 is 5.32 Å². The molecule has 0 aromatic rings. The number of hydrogen-bond donors (Lipinski definition) is 8. The van der Waals surface area contributed by atoms with Crippen LogP contribution >= 0.6 is 0 Å². The second-order valence-corrected chi connectivity index (χ2v) is 22.8. The molecule has 0 saturated carbocycles. The maximum atomic E-state index is 13.2. The number of hydrogen-bond acceptors (Lipinski definition) is 10. The van der Waals surface area contributed by atoms with Crippen molar-refractivity contribution in [2.75, 3.05) is 13.2 Å². The second kappa shape index (κ2) is 53.9. The lowest BCUT2D eigenvalue weighted by molar-refractivity contribution is -0.303. The van der Waals surface area contributed by atoms with E-state index < -0.39 is 74.2 Å². The zero-order valence-corrected chi connectivity index (χ0v) is 49.2. The van der Waals surface area contributed by atoms with Gasteiger partial charge in [-0.15, -0.1) is 0 Å². The van der Waals surface area contributed by atoms with Gasteiger partial charge < -0.3 is 50.5 Å². The van der Waals surface area contributed by atoms with Gasteiger partial charge in [-0.3, -0.25) is 4.79 Å². The number of unbranched alkanes of at least 4 members (excludes halogenated alkanes) is 38. The van der Waals surface area contributed by atoms with Gasteiger partial charge in [0.15, 0.2) is 6.29 Å². The first-order valence-electron chi connectivity index (χ1n) is 32.4. The SMILES string of the molecule is CCCCCCCCCC/C=C/CC/C=C/CC/C=C/CCCC(O)C(O)C(COC1OC(CO)C(O)C(O)C1O)NC(=O)C(O)CCCCCCCCCCCCCCCCCCCCCCCCCCCCCC. The Balaban J connectivity index is 2.26. The van der Waals surface area contributed by atoms with Crippen molar-refractivity contribution in [3.05, 3.63) is 36.5 Å².